The number of benzene rings is 1. The van der Waals surface area contributed by atoms with Crippen LogP contribution >= 0.6 is 12.4 Å². The van der Waals surface area contributed by atoms with Gasteiger partial charge in [0.25, 0.3) is 0 Å². The first-order valence-electron chi connectivity index (χ1n) is 6.60. The van der Waals surface area contributed by atoms with E-state index in [1.54, 1.807) is 7.05 Å². The van der Waals surface area contributed by atoms with Crippen LogP contribution in [0.2, 0.25) is 0 Å². The molecule has 8 heteroatoms. The van der Waals surface area contributed by atoms with Crippen molar-refractivity contribution in [3.8, 4) is 11.4 Å². The Labute approximate surface area is 128 Å². The lowest BCUT2D eigenvalue weighted by atomic mass is 10.2. The molecule has 2 aromatic rings. The van der Waals surface area contributed by atoms with Gasteiger partial charge in [-0.3, -0.25) is 4.79 Å². The number of likely N-dealkylation sites (N-methyl/N-ethyl adjacent to an activating group) is 1. The van der Waals surface area contributed by atoms with Gasteiger partial charge in [-0.15, -0.1) is 17.5 Å². The number of hydrogen-bond donors (Lipinski definition) is 2. The molecule has 0 bridgehead atoms. The van der Waals surface area contributed by atoms with Crippen LogP contribution in [0, 0.1) is 0 Å². The number of nitrogens with zero attached hydrogens (tertiary/aromatic N) is 4. The highest BCUT2D eigenvalue weighted by atomic mass is 35.5. The van der Waals surface area contributed by atoms with Gasteiger partial charge in [0.2, 0.25) is 5.91 Å². The Balaban J connectivity index is 0.00000161. The lowest BCUT2D eigenvalue weighted by molar-refractivity contribution is -0.115. The van der Waals surface area contributed by atoms with Crippen molar-refractivity contribution in [1.82, 2.24) is 25.5 Å². The fourth-order valence-electron chi connectivity index (χ4n) is 2.05. The Morgan fingerprint density at radius 3 is 2.95 bits per heavy atom. The van der Waals surface area contributed by atoms with E-state index in [9.17, 15) is 4.79 Å². The molecule has 3 rings (SSSR count). The molecule has 1 amide bonds. The molecular weight excluding hydrogens is 292 g/mol. The molecule has 0 unspecified atom stereocenters. The second kappa shape index (κ2) is 6.64. The van der Waals surface area contributed by atoms with E-state index < -0.39 is 0 Å². The molecule has 1 heterocycles. The molecular formula is C13H17ClN6O. The van der Waals surface area contributed by atoms with Crippen LogP contribution in [0.25, 0.3) is 11.4 Å². The first-order chi connectivity index (χ1) is 9.78. The van der Waals surface area contributed by atoms with E-state index in [4.69, 9.17) is 0 Å². The van der Waals surface area contributed by atoms with Gasteiger partial charge in [0.15, 0.2) is 5.82 Å². The van der Waals surface area contributed by atoms with Crippen molar-refractivity contribution in [2.75, 3.05) is 18.9 Å². The topological polar surface area (TPSA) is 84.7 Å². The van der Waals surface area contributed by atoms with Crippen LogP contribution in [0.4, 0.5) is 5.69 Å². The Bertz CT molecular complexity index is 625. The summed E-state index contributed by atoms with van der Waals surface area (Å²) in [5, 5.41) is 17.5. The number of hydrogen-bond acceptors (Lipinski definition) is 5. The van der Waals surface area contributed by atoms with E-state index in [1.165, 1.54) is 0 Å². The fourth-order valence-corrected chi connectivity index (χ4v) is 2.05. The van der Waals surface area contributed by atoms with Crippen molar-refractivity contribution >= 4 is 24.0 Å². The van der Waals surface area contributed by atoms with E-state index in [2.05, 4.69) is 26.2 Å². The fraction of sp³-hybridized carbons (Fsp3) is 0.385. The summed E-state index contributed by atoms with van der Waals surface area (Å²) in [6.07, 6.45) is 2.24. The van der Waals surface area contributed by atoms with Gasteiger partial charge in [0.05, 0.1) is 12.6 Å². The third-order valence-electron chi connectivity index (χ3n) is 3.13. The molecule has 0 radical (unpaired) electrons. The van der Waals surface area contributed by atoms with Crippen molar-refractivity contribution < 1.29 is 4.79 Å². The summed E-state index contributed by atoms with van der Waals surface area (Å²) in [7, 11) is 1.74. The third-order valence-corrected chi connectivity index (χ3v) is 3.13. The number of nitrogens with one attached hydrogen (secondary N) is 2. The molecule has 7 nitrogen and oxygen atoms in total. The highest BCUT2D eigenvalue weighted by molar-refractivity contribution is 5.92. The maximum absolute atomic E-state index is 11.6. The molecule has 1 fully saturated rings. The Kier molecular flexibility index (Phi) is 4.87. The van der Waals surface area contributed by atoms with Crippen LogP contribution in [0.5, 0.6) is 0 Å². The van der Waals surface area contributed by atoms with Crippen molar-refractivity contribution in [1.29, 1.82) is 0 Å². The number of carbonyl (C=O) groups is 1. The molecule has 1 aromatic heterocycles. The molecule has 0 aliphatic heterocycles. The van der Waals surface area contributed by atoms with Gasteiger partial charge < -0.3 is 10.6 Å². The lowest BCUT2D eigenvalue weighted by Gasteiger charge is -2.07. The van der Waals surface area contributed by atoms with Gasteiger partial charge in [-0.25, -0.2) is 4.68 Å². The number of halogens is 1. The summed E-state index contributed by atoms with van der Waals surface area (Å²) < 4.78 is 1.86. The molecule has 2 N–H and O–H groups in total. The maximum atomic E-state index is 11.6. The van der Waals surface area contributed by atoms with Crippen molar-refractivity contribution in [2.24, 2.45) is 0 Å². The number of anilines is 1. The zero-order valence-corrected chi connectivity index (χ0v) is 12.4. The quantitative estimate of drug-likeness (QED) is 0.868. The summed E-state index contributed by atoms with van der Waals surface area (Å²) in [4.78, 5) is 11.6. The average Bonchev–Trinajstić information content (AvgIpc) is 3.16. The molecule has 0 saturated heterocycles. The van der Waals surface area contributed by atoms with Crippen LogP contribution in [0.15, 0.2) is 24.3 Å². The normalized spacial score (nSPS) is 13.6. The molecule has 1 aliphatic carbocycles. The van der Waals surface area contributed by atoms with Gasteiger partial charge in [0.1, 0.15) is 0 Å². The van der Waals surface area contributed by atoms with Gasteiger partial charge in [-0.1, -0.05) is 12.1 Å². The number of carbonyl (C=O) groups excluding carboxylic acids is 1. The molecule has 21 heavy (non-hydrogen) atoms. The van der Waals surface area contributed by atoms with Crippen LogP contribution in [-0.4, -0.2) is 39.7 Å². The predicted octanol–water partition coefficient (Wildman–Crippen LogP) is 1.25. The van der Waals surface area contributed by atoms with Crippen molar-refractivity contribution in [2.45, 2.75) is 18.9 Å². The minimum absolute atomic E-state index is 0. The summed E-state index contributed by atoms with van der Waals surface area (Å²) in [6.45, 7) is 0.282. The largest absolute Gasteiger partial charge is 0.325 e. The summed E-state index contributed by atoms with van der Waals surface area (Å²) >= 11 is 0. The molecule has 1 aromatic carbocycles. The van der Waals surface area contributed by atoms with Crippen LogP contribution in [0.1, 0.15) is 18.9 Å². The summed E-state index contributed by atoms with van der Waals surface area (Å²) in [5.74, 6) is 0.670. The SMILES string of the molecule is CNCC(=O)Nc1cccc(-c2nnnn2C2CC2)c1.Cl. The summed E-state index contributed by atoms with van der Waals surface area (Å²) in [5.41, 5.74) is 1.65. The Morgan fingerprint density at radius 1 is 1.43 bits per heavy atom. The second-order valence-corrected chi connectivity index (χ2v) is 4.84. The maximum Gasteiger partial charge on any atom is 0.238 e. The van der Waals surface area contributed by atoms with E-state index in [1.807, 2.05) is 28.9 Å². The predicted molar refractivity (Wildman–Crippen MR) is 81.3 cm³/mol. The standard InChI is InChI=1S/C13H16N6O.ClH/c1-14-8-12(20)15-10-4-2-3-9(7-10)13-16-17-18-19(13)11-5-6-11;/h2-4,7,11,14H,5-6,8H2,1H3,(H,15,20);1H. The van der Waals surface area contributed by atoms with E-state index in [-0.39, 0.29) is 24.9 Å². The molecule has 1 saturated carbocycles. The van der Waals surface area contributed by atoms with E-state index in [0.29, 0.717) is 6.04 Å². The van der Waals surface area contributed by atoms with Gasteiger partial charge in [-0.05, 0) is 42.4 Å². The highest BCUT2D eigenvalue weighted by Gasteiger charge is 2.28. The first-order valence-corrected chi connectivity index (χ1v) is 6.60. The third kappa shape index (κ3) is 3.56. The minimum atomic E-state index is -0.0774. The number of tetrazole rings is 1. The lowest BCUT2D eigenvalue weighted by Crippen LogP contribution is -2.25. The Morgan fingerprint density at radius 2 is 2.24 bits per heavy atom. The molecule has 112 valence electrons. The number of rotatable bonds is 5. The van der Waals surface area contributed by atoms with Crippen molar-refractivity contribution in [3.05, 3.63) is 24.3 Å². The van der Waals surface area contributed by atoms with Crippen molar-refractivity contribution in [3.63, 3.8) is 0 Å². The van der Waals surface area contributed by atoms with Crippen LogP contribution < -0.4 is 10.6 Å². The van der Waals surface area contributed by atoms with Gasteiger partial charge >= 0.3 is 0 Å². The molecule has 0 spiro atoms. The number of amides is 1. The molecule has 0 atom stereocenters. The van der Waals surface area contributed by atoms with E-state index >= 15 is 0 Å². The average molecular weight is 309 g/mol. The smallest absolute Gasteiger partial charge is 0.238 e. The monoisotopic (exact) mass is 308 g/mol. The van der Waals surface area contributed by atoms with E-state index in [0.717, 1.165) is 29.9 Å². The first kappa shape index (κ1) is 15.4. The van der Waals surface area contributed by atoms with Gasteiger partial charge in [0, 0.05) is 11.3 Å². The second-order valence-electron chi connectivity index (χ2n) is 4.84. The highest BCUT2D eigenvalue weighted by Crippen LogP contribution is 2.36. The number of aromatic nitrogens is 4. The van der Waals surface area contributed by atoms with Crippen LogP contribution in [0.3, 0.4) is 0 Å². The zero-order chi connectivity index (χ0) is 13.9. The minimum Gasteiger partial charge on any atom is -0.325 e. The van der Waals surface area contributed by atoms with Crippen LogP contribution in [-0.2, 0) is 4.79 Å². The summed E-state index contributed by atoms with van der Waals surface area (Å²) in [6, 6.07) is 7.98. The Hall–Kier alpha value is -1.99. The molecule has 1 aliphatic rings. The zero-order valence-electron chi connectivity index (χ0n) is 11.6. The van der Waals surface area contributed by atoms with Gasteiger partial charge in [-0.2, -0.15) is 0 Å².